The van der Waals surface area contributed by atoms with Gasteiger partial charge in [-0.25, -0.2) is 17.6 Å². The van der Waals surface area contributed by atoms with Crippen molar-refractivity contribution in [1.82, 2.24) is 9.97 Å². The van der Waals surface area contributed by atoms with Gasteiger partial charge in [-0.2, -0.15) is 4.98 Å². The summed E-state index contributed by atoms with van der Waals surface area (Å²) in [6, 6.07) is 21.3. The molecule has 12 heteroatoms. The smallest absolute Gasteiger partial charge is 0.261 e. The highest BCUT2D eigenvalue weighted by Gasteiger charge is 2.15. The van der Waals surface area contributed by atoms with Crippen LogP contribution in [0.1, 0.15) is 6.92 Å². The van der Waals surface area contributed by atoms with Gasteiger partial charge in [0.1, 0.15) is 5.82 Å². The highest BCUT2D eigenvalue weighted by atomic mass is 32.2. The Bertz CT molecular complexity index is 1630. The SMILES string of the molecule is C=S(N)(=O)c1cccc(Nc2ncc(-c3ccc(NS(=O)(=O)c4ccccc4)cc3)c(N[C@H](C)CO)n2)c1. The molecule has 0 aliphatic heterocycles. The van der Waals surface area contributed by atoms with E-state index in [0.29, 0.717) is 27.7 Å². The second-order valence-electron chi connectivity index (χ2n) is 8.56. The molecule has 198 valence electrons. The number of aliphatic hydroxyl groups excluding tert-OH is 1. The summed E-state index contributed by atoms with van der Waals surface area (Å²) in [5.41, 5.74) is 2.35. The predicted octanol–water partition coefficient (Wildman–Crippen LogP) is 3.43. The molecule has 0 aliphatic carbocycles. The van der Waals surface area contributed by atoms with Crippen LogP contribution in [0.4, 0.5) is 23.1 Å². The number of hydrogen-bond acceptors (Lipinski definition) is 8. The van der Waals surface area contributed by atoms with Crippen LogP contribution in [-0.2, 0) is 19.7 Å². The van der Waals surface area contributed by atoms with E-state index in [1.807, 2.05) is 0 Å². The molecular formula is C26H28N6O4S2. The zero-order valence-electron chi connectivity index (χ0n) is 20.5. The van der Waals surface area contributed by atoms with Crippen LogP contribution in [0.15, 0.2) is 94.9 Å². The monoisotopic (exact) mass is 552 g/mol. The number of sulfonamides is 1. The molecule has 0 fully saturated rings. The molecule has 1 aromatic heterocycles. The van der Waals surface area contributed by atoms with E-state index in [-0.39, 0.29) is 23.5 Å². The van der Waals surface area contributed by atoms with E-state index in [1.165, 1.54) is 12.1 Å². The molecule has 0 spiro atoms. The van der Waals surface area contributed by atoms with Crippen molar-refractivity contribution >= 4 is 48.7 Å². The van der Waals surface area contributed by atoms with Crippen LogP contribution < -0.4 is 20.5 Å². The molecular weight excluding hydrogens is 524 g/mol. The van der Waals surface area contributed by atoms with Crippen molar-refractivity contribution < 1.29 is 17.7 Å². The molecule has 1 heterocycles. The lowest BCUT2D eigenvalue weighted by molar-refractivity contribution is 0.281. The van der Waals surface area contributed by atoms with Crippen molar-refractivity contribution in [3.05, 3.63) is 85.1 Å². The first-order chi connectivity index (χ1) is 18.0. The van der Waals surface area contributed by atoms with Gasteiger partial charge in [-0.1, -0.05) is 36.4 Å². The minimum Gasteiger partial charge on any atom is -0.394 e. The van der Waals surface area contributed by atoms with Gasteiger partial charge in [0, 0.05) is 34.1 Å². The number of aromatic nitrogens is 2. The van der Waals surface area contributed by atoms with Gasteiger partial charge in [0.15, 0.2) is 0 Å². The lowest BCUT2D eigenvalue weighted by Gasteiger charge is -2.17. The van der Waals surface area contributed by atoms with Crippen molar-refractivity contribution in [3.8, 4) is 11.1 Å². The van der Waals surface area contributed by atoms with Crippen molar-refractivity contribution in [2.24, 2.45) is 5.14 Å². The Kier molecular flexibility index (Phi) is 7.97. The molecule has 1 unspecified atom stereocenters. The molecule has 0 saturated carbocycles. The summed E-state index contributed by atoms with van der Waals surface area (Å²) < 4.78 is 39.9. The first-order valence-corrected chi connectivity index (χ1v) is 14.8. The zero-order chi connectivity index (χ0) is 27.3. The van der Waals surface area contributed by atoms with Gasteiger partial charge >= 0.3 is 0 Å². The molecule has 38 heavy (non-hydrogen) atoms. The molecule has 4 aromatic rings. The van der Waals surface area contributed by atoms with Crippen molar-refractivity contribution in [3.63, 3.8) is 0 Å². The van der Waals surface area contributed by atoms with Crippen LogP contribution in [0.25, 0.3) is 11.1 Å². The minimum absolute atomic E-state index is 0.122. The lowest BCUT2D eigenvalue weighted by atomic mass is 10.1. The standard InChI is InChI=1S/C26H28N6O4S2/c1-18(17-33)29-25-24(16-28-26(31-25)30-21-7-6-10-23(15-21)37(2,27)34)19-11-13-20(14-12-19)32-38(35,36)22-8-4-3-5-9-22/h3-16,18,32-33H,2,17H2,1H3,(H2,27,34)(H2,28,29,30,31)/t18-,37?/m1/s1. The van der Waals surface area contributed by atoms with E-state index >= 15 is 0 Å². The molecule has 6 N–H and O–H groups in total. The van der Waals surface area contributed by atoms with Crippen LogP contribution in [0.5, 0.6) is 0 Å². The summed E-state index contributed by atoms with van der Waals surface area (Å²) in [5.74, 6) is 4.22. The maximum absolute atomic E-state index is 12.6. The third-order valence-electron chi connectivity index (χ3n) is 5.44. The average molecular weight is 553 g/mol. The van der Waals surface area contributed by atoms with Crippen molar-refractivity contribution in [1.29, 1.82) is 0 Å². The Labute approximate surface area is 222 Å². The molecule has 0 amide bonds. The largest absolute Gasteiger partial charge is 0.394 e. The highest BCUT2D eigenvalue weighted by molar-refractivity contribution is 7.98. The van der Waals surface area contributed by atoms with E-state index < -0.39 is 19.7 Å². The molecule has 0 aliphatic rings. The number of rotatable bonds is 10. The fraction of sp³-hybridized carbons (Fsp3) is 0.115. The van der Waals surface area contributed by atoms with Gasteiger partial charge < -0.3 is 15.7 Å². The number of hydrogen-bond donors (Lipinski definition) is 5. The number of nitrogens with one attached hydrogen (secondary N) is 3. The van der Waals surface area contributed by atoms with E-state index in [0.717, 1.165) is 5.56 Å². The number of nitrogens with zero attached hydrogens (tertiary/aromatic N) is 2. The van der Waals surface area contributed by atoms with Crippen LogP contribution >= 0.6 is 0 Å². The maximum atomic E-state index is 12.6. The summed E-state index contributed by atoms with van der Waals surface area (Å²) in [5, 5.41) is 21.5. The van der Waals surface area contributed by atoms with Gasteiger partial charge in [-0.3, -0.25) is 9.86 Å². The fourth-order valence-electron chi connectivity index (χ4n) is 3.49. The molecule has 0 saturated heterocycles. The van der Waals surface area contributed by atoms with E-state index in [4.69, 9.17) is 5.14 Å². The van der Waals surface area contributed by atoms with Crippen molar-refractivity contribution in [2.75, 3.05) is 22.0 Å². The van der Waals surface area contributed by atoms with Gasteiger partial charge in [0.25, 0.3) is 10.0 Å². The highest BCUT2D eigenvalue weighted by Crippen LogP contribution is 2.30. The topological polar surface area (TPSA) is 159 Å². The predicted molar refractivity (Wildman–Crippen MR) is 152 cm³/mol. The molecule has 3 aromatic carbocycles. The zero-order valence-corrected chi connectivity index (χ0v) is 22.2. The first-order valence-electron chi connectivity index (χ1n) is 11.5. The summed E-state index contributed by atoms with van der Waals surface area (Å²) in [7, 11) is -6.60. The summed E-state index contributed by atoms with van der Waals surface area (Å²) in [6.45, 7) is 1.68. The maximum Gasteiger partial charge on any atom is 0.261 e. The molecule has 10 nitrogen and oxygen atoms in total. The van der Waals surface area contributed by atoms with E-state index in [1.54, 1.807) is 79.9 Å². The fourth-order valence-corrected chi connectivity index (χ4v) is 5.21. The summed E-state index contributed by atoms with van der Waals surface area (Å²) in [4.78, 5) is 9.52. The summed E-state index contributed by atoms with van der Waals surface area (Å²) in [6.07, 6.45) is 1.61. The molecule has 0 bridgehead atoms. The van der Waals surface area contributed by atoms with Gasteiger partial charge in [0.2, 0.25) is 5.95 Å². The normalized spacial score (nSPS) is 13.8. The number of anilines is 4. The van der Waals surface area contributed by atoms with Gasteiger partial charge in [-0.05, 0) is 60.8 Å². The second kappa shape index (κ2) is 11.2. The average Bonchev–Trinajstić information content (AvgIpc) is 2.89. The van der Waals surface area contributed by atoms with E-state index in [2.05, 4.69) is 31.2 Å². The Balaban J connectivity index is 1.61. The van der Waals surface area contributed by atoms with Gasteiger partial charge in [0.05, 0.1) is 21.2 Å². The Hall–Kier alpha value is -3.97. The second-order valence-corrected chi connectivity index (χ2v) is 12.2. The van der Waals surface area contributed by atoms with Crippen LogP contribution in [0, 0.1) is 0 Å². The molecule has 4 rings (SSSR count). The third-order valence-corrected chi connectivity index (χ3v) is 7.89. The van der Waals surface area contributed by atoms with E-state index in [9.17, 15) is 17.7 Å². The van der Waals surface area contributed by atoms with Crippen LogP contribution in [0.2, 0.25) is 0 Å². The lowest BCUT2D eigenvalue weighted by Crippen LogP contribution is -2.21. The van der Waals surface area contributed by atoms with Crippen molar-refractivity contribution in [2.45, 2.75) is 22.8 Å². The minimum atomic E-state index is -3.72. The molecule has 0 radical (unpaired) electrons. The third kappa shape index (κ3) is 6.66. The Morgan fingerprint density at radius 3 is 2.29 bits per heavy atom. The van der Waals surface area contributed by atoms with Crippen LogP contribution in [0.3, 0.4) is 0 Å². The Morgan fingerprint density at radius 2 is 1.63 bits per heavy atom. The number of nitrogens with two attached hydrogens (primary N) is 1. The Morgan fingerprint density at radius 1 is 0.947 bits per heavy atom. The van der Waals surface area contributed by atoms with Gasteiger partial charge in [-0.15, -0.1) is 0 Å². The summed E-state index contributed by atoms with van der Waals surface area (Å²) >= 11 is 0. The first kappa shape index (κ1) is 27.1. The number of benzene rings is 3. The number of aliphatic hydroxyl groups is 1. The van der Waals surface area contributed by atoms with Crippen LogP contribution in [-0.4, -0.2) is 46.2 Å². The molecule has 2 atom stereocenters. The quantitative estimate of drug-likeness (QED) is 0.187.